The molecule has 2 aromatic carbocycles. The molecule has 0 spiro atoms. The van der Waals surface area contributed by atoms with Crippen LogP contribution in [-0.2, 0) is 0 Å². The molecule has 1 heterocycles. The number of para-hydroxylation sites is 2. The van der Waals surface area contributed by atoms with Gasteiger partial charge >= 0.3 is 0 Å². The largest absolute Gasteiger partial charge is 0.361 e. The third kappa shape index (κ3) is 12.4. The number of nitrogens with one attached hydrogen (secondary N) is 1. The lowest BCUT2D eigenvalue weighted by Crippen LogP contribution is -1.92. The lowest BCUT2D eigenvalue weighted by molar-refractivity contribution is 1.50. The van der Waals surface area contributed by atoms with E-state index in [1.807, 2.05) is 164 Å². The lowest BCUT2D eigenvalue weighted by atomic mass is 10.2. The van der Waals surface area contributed by atoms with Crippen molar-refractivity contribution in [2.24, 2.45) is 15.0 Å². The molecule has 0 saturated carbocycles. The van der Waals surface area contributed by atoms with Crippen molar-refractivity contribution in [2.75, 3.05) is 5.32 Å². The molecular weight excluding hydrogens is 476 g/mol. The highest BCUT2D eigenvalue weighted by molar-refractivity contribution is 5.89. The standard InChI is InChI=1S/C35H32N4/c1-2-8-12-20-28-38-34-24-16-14-22-32(34)30-36-26-18-10-6-4-5-7-11-19-27-37-31-33-23-15-17-25-35(33)39-29-21-13-9-3-1/h1-31,38H/b2-1-,5-4-,9-3-,10-6-,11-7-,12-8-,21-13+,26-18-,27-19-,28-20-,36-30-,37-31-,39-29-. The quantitative estimate of drug-likeness (QED) is 0.380. The highest BCUT2D eigenvalue weighted by Gasteiger charge is 1.95. The third-order valence-electron chi connectivity index (χ3n) is 4.97. The predicted molar refractivity (Wildman–Crippen MR) is 171 cm³/mol. The predicted octanol–water partition coefficient (Wildman–Crippen LogP) is 8.79. The van der Waals surface area contributed by atoms with Gasteiger partial charge < -0.3 is 5.32 Å². The van der Waals surface area contributed by atoms with E-state index >= 15 is 0 Å². The van der Waals surface area contributed by atoms with E-state index in [0.717, 1.165) is 22.5 Å². The van der Waals surface area contributed by atoms with E-state index in [0.29, 0.717) is 0 Å². The van der Waals surface area contributed by atoms with Crippen molar-refractivity contribution in [2.45, 2.75) is 0 Å². The molecule has 4 nitrogen and oxygen atoms in total. The summed E-state index contributed by atoms with van der Waals surface area (Å²) in [4.78, 5) is 13.3. The van der Waals surface area contributed by atoms with E-state index in [-0.39, 0.29) is 0 Å². The van der Waals surface area contributed by atoms with E-state index in [9.17, 15) is 0 Å². The van der Waals surface area contributed by atoms with Crippen LogP contribution in [0.3, 0.4) is 0 Å². The molecule has 0 fully saturated rings. The number of nitrogens with zero attached hydrogens (tertiary/aromatic N) is 3. The van der Waals surface area contributed by atoms with Crippen LogP contribution in [0, 0.1) is 0 Å². The van der Waals surface area contributed by atoms with E-state index in [1.54, 1.807) is 24.8 Å². The topological polar surface area (TPSA) is 49.1 Å². The minimum atomic E-state index is 0.861. The van der Waals surface area contributed by atoms with Gasteiger partial charge in [-0.05, 0) is 36.4 Å². The second kappa shape index (κ2) is 18.9. The van der Waals surface area contributed by atoms with Gasteiger partial charge in [0.05, 0.1) is 5.69 Å². The molecule has 0 bridgehead atoms. The molecule has 2 aromatic rings. The minimum Gasteiger partial charge on any atom is -0.361 e. The van der Waals surface area contributed by atoms with Gasteiger partial charge in [-0.15, -0.1) is 0 Å². The molecule has 3 rings (SSSR count). The zero-order valence-electron chi connectivity index (χ0n) is 21.7. The fourth-order valence-corrected chi connectivity index (χ4v) is 3.10. The van der Waals surface area contributed by atoms with Crippen molar-refractivity contribution in [3.05, 3.63) is 182 Å². The highest BCUT2D eigenvalue weighted by atomic mass is 14.8. The number of anilines is 1. The van der Waals surface area contributed by atoms with Gasteiger partial charge in [-0.3, -0.25) is 15.0 Å². The maximum atomic E-state index is 4.54. The SMILES string of the molecule is C1=C\C=C/C=C\N=C/c2ccccc2N\C=C/C=C\C=C/C=C\C=C\C=N/c2ccccc2\C=N/C=C\C=C/1. The van der Waals surface area contributed by atoms with Crippen LogP contribution in [0.2, 0.25) is 0 Å². The van der Waals surface area contributed by atoms with E-state index in [2.05, 4.69) is 20.3 Å². The van der Waals surface area contributed by atoms with Crippen LogP contribution in [0.15, 0.2) is 185 Å². The summed E-state index contributed by atoms with van der Waals surface area (Å²) < 4.78 is 0. The smallest absolute Gasteiger partial charge is 0.0717 e. The van der Waals surface area contributed by atoms with E-state index in [4.69, 9.17) is 0 Å². The molecule has 0 radical (unpaired) electrons. The van der Waals surface area contributed by atoms with Crippen molar-refractivity contribution in [3.63, 3.8) is 0 Å². The molecule has 1 aliphatic rings. The maximum Gasteiger partial charge on any atom is 0.0717 e. The first kappa shape index (κ1) is 28.2. The van der Waals surface area contributed by atoms with Gasteiger partial charge in [0.2, 0.25) is 0 Å². The maximum absolute atomic E-state index is 4.54. The molecule has 192 valence electrons. The first-order valence-corrected chi connectivity index (χ1v) is 12.6. The Morgan fingerprint density at radius 2 is 0.923 bits per heavy atom. The van der Waals surface area contributed by atoms with Crippen LogP contribution >= 0.6 is 0 Å². The molecule has 0 unspecified atom stereocenters. The minimum absolute atomic E-state index is 0.861. The molecule has 4 heteroatoms. The van der Waals surface area contributed by atoms with E-state index < -0.39 is 0 Å². The number of hydrogen-bond donors (Lipinski definition) is 1. The summed E-state index contributed by atoms with van der Waals surface area (Å²) in [6, 6.07) is 15.9. The van der Waals surface area contributed by atoms with Crippen LogP contribution in [0.1, 0.15) is 11.1 Å². The summed E-state index contributed by atoms with van der Waals surface area (Å²) in [5, 5.41) is 3.30. The van der Waals surface area contributed by atoms with Gasteiger partial charge in [-0.2, -0.15) is 0 Å². The Labute approximate surface area is 231 Å². The van der Waals surface area contributed by atoms with Gasteiger partial charge in [0.25, 0.3) is 0 Å². The molecule has 39 heavy (non-hydrogen) atoms. The molecule has 0 aliphatic carbocycles. The number of rotatable bonds is 0. The fourth-order valence-electron chi connectivity index (χ4n) is 3.10. The van der Waals surface area contributed by atoms with Crippen LogP contribution < -0.4 is 5.32 Å². The highest BCUT2D eigenvalue weighted by Crippen LogP contribution is 2.16. The Balaban J connectivity index is 1.71. The molecule has 0 amide bonds. The van der Waals surface area contributed by atoms with E-state index in [1.165, 1.54) is 0 Å². The van der Waals surface area contributed by atoms with Gasteiger partial charge in [0, 0.05) is 54.1 Å². The molecule has 0 saturated heterocycles. The Kier molecular flexibility index (Phi) is 13.6. The Morgan fingerprint density at radius 3 is 1.59 bits per heavy atom. The van der Waals surface area contributed by atoms with Gasteiger partial charge in [-0.1, -0.05) is 115 Å². The first-order chi connectivity index (χ1) is 19.4. The van der Waals surface area contributed by atoms with Crippen molar-refractivity contribution >= 4 is 30.0 Å². The molecule has 1 N–H and O–H groups in total. The van der Waals surface area contributed by atoms with Crippen molar-refractivity contribution in [3.8, 4) is 0 Å². The Hall–Kier alpha value is -5.35. The number of hydrogen-bond acceptors (Lipinski definition) is 4. The van der Waals surface area contributed by atoms with Gasteiger partial charge in [-0.25, -0.2) is 0 Å². The average Bonchev–Trinajstić information content (AvgIpc) is 2.96. The van der Waals surface area contributed by atoms with Crippen LogP contribution in [0.5, 0.6) is 0 Å². The lowest BCUT2D eigenvalue weighted by Gasteiger charge is -2.03. The van der Waals surface area contributed by atoms with Crippen molar-refractivity contribution in [1.29, 1.82) is 0 Å². The Morgan fingerprint density at radius 1 is 0.436 bits per heavy atom. The summed E-state index contributed by atoms with van der Waals surface area (Å²) in [6.07, 6.45) is 43.9. The number of benzene rings is 2. The third-order valence-corrected chi connectivity index (χ3v) is 4.97. The fraction of sp³-hybridized carbons (Fsp3) is 0. The zero-order valence-corrected chi connectivity index (χ0v) is 21.7. The summed E-state index contributed by atoms with van der Waals surface area (Å²) >= 11 is 0. The summed E-state index contributed by atoms with van der Waals surface area (Å²) in [5.41, 5.74) is 3.80. The van der Waals surface area contributed by atoms with Crippen molar-refractivity contribution < 1.29 is 0 Å². The normalized spacial score (nSPS) is 25.2. The Bertz CT molecular complexity index is 1420. The molecule has 0 atom stereocenters. The van der Waals surface area contributed by atoms with Crippen molar-refractivity contribution in [1.82, 2.24) is 0 Å². The number of fused-ring (bicyclic) bond motifs is 2. The second-order valence-electron chi connectivity index (χ2n) is 7.86. The molecular formula is C35H32N4. The van der Waals surface area contributed by atoms with Crippen LogP contribution in [0.4, 0.5) is 11.4 Å². The first-order valence-electron chi connectivity index (χ1n) is 12.6. The summed E-state index contributed by atoms with van der Waals surface area (Å²) in [6.45, 7) is 0. The summed E-state index contributed by atoms with van der Waals surface area (Å²) in [5.74, 6) is 0. The monoisotopic (exact) mass is 508 g/mol. The van der Waals surface area contributed by atoms with Crippen LogP contribution in [-0.4, -0.2) is 18.6 Å². The summed E-state index contributed by atoms with van der Waals surface area (Å²) in [7, 11) is 0. The number of aliphatic imine (C=N–C) groups is 3. The molecule has 0 aromatic heterocycles. The van der Waals surface area contributed by atoms with Gasteiger partial charge in [0.1, 0.15) is 0 Å². The van der Waals surface area contributed by atoms with Crippen LogP contribution in [0.25, 0.3) is 0 Å². The van der Waals surface area contributed by atoms with Gasteiger partial charge in [0.15, 0.2) is 0 Å². The zero-order chi connectivity index (χ0) is 27.1. The average molecular weight is 509 g/mol. The molecule has 1 aliphatic heterocycles. The second-order valence-corrected chi connectivity index (χ2v) is 7.86. The number of allylic oxidation sites excluding steroid dienone is 17.